The number of nitrogens with zero attached hydrogens (tertiary/aromatic N) is 2. The molecule has 0 aromatic carbocycles. The average molecular weight is 373 g/mol. The van der Waals surface area contributed by atoms with E-state index in [4.69, 9.17) is 4.74 Å². The summed E-state index contributed by atoms with van der Waals surface area (Å²) in [6.45, 7) is 6.92. The van der Waals surface area contributed by atoms with Crippen LogP contribution in [-0.4, -0.2) is 16.9 Å². The Labute approximate surface area is 144 Å². The summed E-state index contributed by atoms with van der Waals surface area (Å²) in [5, 5.41) is 4.51. The standard InChI is InChI=1S/C18H33BrN2O/c1-6-8-10-12-14-18(3,13-11-9-7-2)15-16(19)21(4)20-17(15)22-5/h6-14H2,1-5H3. The van der Waals surface area contributed by atoms with E-state index in [-0.39, 0.29) is 5.41 Å². The van der Waals surface area contributed by atoms with Crippen LogP contribution < -0.4 is 4.74 Å². The SMILES string of the molecule is CCCCCCC(C)(CCCCC)c1c(OC)nn(C)c1Br. The third kappa shape index (κ3) is 5.00. The van der Waals surface area contributed by atoms with E-state index in [0.29, 0.717) is 0 Å². The van der Waals surface area contributed by atoms with Gasteiger partial charge < -0.3 is 4.74 Å². The number of rotatable bonds is 11. The first-order chi connectivity index (χ1) is 10.5. The Balaban J connectivity index is 2.97. The molecule has 1 aromatic heterocycles. The molecule has 4 heteroatoms. The zero-order valence-electron chi connectivity index (χ0n) is 15.0. The predicted molar refractivity (Wildman–Crippen MR) is 97.7 cm³/mol. The molecule has 1 heterocycles. The molecule has 3 nitrogen and oxygen atoms in total. The Morgan fingerprint density at radius 3 is 2.14 bits per heavy atom. The molecular weight excluding hydrogens is 340 g/mol. The number of hydrogen-bond acceptors (Lipinski definition) is 2. The smallest absolute Gasteiger partial charge is 0.237 e. The van der Waals surface area contributed by atoms with Gasteiger partial charge in [0.15, 0.2) is 0 Å². The maximum absolute atomic E-state index is 5.57. The van der Waals surface area contributed by atoms with Gasteiger partial charge in [-0.15, -0.1) is 5.10 Å². The van der Waals surface area contributed by atoms with E-state index in [0.717, 1.165) is 10.5 Å². The number of aryl methyl sites for hydroxylation is 1. The number of hydrogen-bond donors (Lipinski definition) is 0. The lowest BCUT2D eigenvalue weighted by Crippen LogP contribution is -2.23. The van der Waals surface area contributed by atoms with Crippen molar-refractivity contribution < 1.29 is 4.74 Å². The summed E-state index contributed by atoms with van der Waals surface area (Å²) in [6.07, 6.45) is 11.4. The predicted octanol–water partition coefficient (Wildman–Crippen LogP) is 6.00. The Morgan fingerprint density at radius 2 is 1.59 bits per heavy atom. The van der Waals surface area contributed by atoms with Gasteiger partial charge in [0.25, 0.3) is 0 Å². The molecule has 1 aromatic rings. The van der Waals surface area contributed by atoms with Crippen molar-refractivity contribution in [2.75, 3.05) is 7.11 Å². The molecule has 0 saturated heterocycles. The van der Waals surface area contributed by atoms with Crippen LogP contribution in [0.3, 0.4) is 0 Å². The molecular formula is C18H33BrN2O. The van der Waals surface area contributed by atoms with Crippen molar-refractivity contribution in [3.8, 4) is 5.88 Å². The maximum Gasteiger partial charge on any atom is 0.237 e. The lowest BCUT2D eigenvalue weighted by Gasteiger charge is -2.30. The molecule has 0 aliphatic heterocycles. The van der Waals surface area contributed by atoms with Crippen molar-refractivity contribution in [3.05, 3.63) is 10.2 Å². The fourth-order valence-electron chi connectivity index (χ4n) is 3.21. The average Bonchev–Trinajstić information content (AvgIpc) is 2.80. The van der Waals surface area contributed by atoms with Gasteiger partial charge in [0, 0.05) is 12.5 Å². The molecule has 1 unspecified atom stereocenters. The van der Waals surface area contributed by atoms with Gasteiger partial charge >= 0.3 is 0 Å². The first-order valence-electron chi connectivity index (χ1n) is 8.77. The molecule has 0 amide bonds. The molecule has 1 rings (SSSR count). The van der Waals surface area contributed by atoms with Gasteiger partial charge in [0.2, 0.25) is 5.88 Å². The highest BCUT2D eigenvalue weighted by atomic mass is 79.9. The Bertz CT molecular complexity index is 445. The Kier molecular flexibility index (Phi) is 8.52. The first-order valence-corrected chi connectivity index (χ1v) is 9.56. The second kappa shape index (κ2) is 9.59. The zero-order chi connectivity index (χ0) is 16.6. The van der Waals surface area contributed by atoms with Crippen molar-refractivity contribution in [2.24, 2.45) is 7.05 Å². The number of aromatic nitrogens is 2. The van der Waals surface area contributed by atoms with Gasteiger partial charge in [-0.3, -0.25) is 4.68 Å². The number of unbranched alkanes of at least 4 members (excludes halogenated alkanes) is 5. The summed E-state index contributed by atoms with van der Waals surface area (Å²) in [7, 11) is 3.70. The summed E-state index contributed by atoms with van der Waals surface area (Å²) in [4.78, 5) is 0. The Morgan fingerprint density at radius 1 is 1.05 bits per heavy atom. The van der Waals surface area contributed by atoms with Crippen molar-refractivity contribution in [1.82, 2.24) is 9.78 Å². The number of methoxy groups -OCH3 is 1. The maximum atomic E-state index is 5.57. The van der Waals surface area contributed by atoms with Crippen molar-refractivity contribution in [2.45, 2.75) is 84.0 Å². The van der Waals surface area contributed by atoms with Crippen LogP contribution in [-0.2, 0) is 12.5 Å². The second-order valence-corrected chi connectivity index (χ2v) is 7.38. The summed E-state index contributed by atoms with van der Waals surface area (Å²) < 4.78 is 8.52. The highest BCUT2D eigenvalue weighted by molar-refractivity contribution is 9.10. The van der Waals surface area contributed by atoms with Crippen LogP contribution in [0.4, 0.5) is 0 Å². The van der Waals surface area contributed by atoms with Gasteiger partial charge in [0.05, 0.1) is 12.7 Å². The van der Waals surface area contributed by atoms with Crippen LogP contribution in [0.15, 0.2) is 4.60 Å². The normalized spacial score (nSPS) is 14.1. The number of ether oxygens (including phenoxy) is 1. The third-order valence-corrected chi connectivity index (χ3v) is 5.57. The quantitative estimate of drug-likeness (QED) is 0.445. The fourth-order valence-corrected chi connectivity index (χ4v) is 3.94. The number of halogens is 1. The Hall–Kier alpha value is -0.510. The molecule has 128 valence electrons. The summed E-state index contributed by atoms with van der Waals surface area (Å²) >= 11 is 3.73. The van der Waals surface area contributed by atoms with Crippen molar-refractivity contribution >= 4 is 15.9 Å². The minimum absolute atomic E-state index is 0.140. The van der Waals surface area contributed by atoms with Crippen LogP contribution in [0.1, 0.15) is 84.1 Å². The van der Waals surface area contributed by atoms with Crippen LogP contribution >= 0.6 is 15.9 Å². The monoisotopic (exact) mass is 372 g/mol. The van der Waals surface area contributed by atoms with E-state index < -0.39 is 0 Å². The topological polar surface area (TPSA) is 27.1 Å². The minimum atomic E-state index is 0.140. The van der Waals surface area contributed by atoms with Crippen molar-refractivity contribution in [1.29, 1.82) is 0 Å². The van der Waals surface area contributed by atoms with Crippen LogP contribution in [0, 0.1) is 0 Å². The molecule has 0 N–H and O–H groups in total. The van der Waals surface area contributed by atoms with Gasteiger partial charge in [-0.25, -0.2) is 0 Å². The van der Waals surface area contributed by atoms with E-state index in [1.54, 1.807) is 7.11 Å². The van der Waals surface area contributed by atoms with Gasteiger partial charge in [-0.05, 0) is 28.8 Å². The van der Waals surface area contributed by atoms with E-state index in [9.17, 15) is 0 Å². The second-order valence-electron chi connectivity index (χ2n) is 6.63. The molecule has 0 aliphatic rings. The van der Waals surface area contributed by atoms with Gasteiger partial charge in [0.1, 0.15) is 4.60 Å². The van der Waals surface area contributed by atoms with E-state index in [1.165, 1.54) is 63.4 Å². The summed E-state index contributed by atoms with van der Waals surface area (Å²) in [5.41, 5.74) is 1.39. The van der Waals surface area contributed by atoms with Crippen LogP contribution in [0.5, 0.6) is 5.88 Å². The molecule has 0 saturated carbocycles. The third-order valence-electron chi connectivity index (χ3n) is 4.66. The highest BCUT2D eigenvalue weighted by Crippen LogP contribution is 2.43. The largest absolute Gasteiger partial charge is 0.480 e. The fraction of sp³-hybridized carbons (Fsp3) is 0.833. The van der Waals surface area contributed by atoms with Gasteiger partial charge in [-0.1, -0.05) is 65.7 Å². The molecule has 0 bridgehead atoms. The summed E-state index contributed by atoms with van der Waals surface area (Å²) in [6, 6.07) is 0. The molecule has 0 spiro atoms. The molecule has 22 heavy (non-hydrogen) atoms. The molecule has 0 aliphatic carbocycles. The zero-order valence-corrected chi connectivity index (χ0v) is 16.6. The van der Waals surface area contributed by atoms with Crippen LogP contribution in [0.25, 0.3) is 0 Å². The van der Waals surface area contributed by atoms with E-state index in [2.05, 4.69) is 41.8 Å². The lowest BCUT2D eigenvalue weighted by atomic mass is 9.75. The highest BCUT2D eigenvalue weighted by Gasteiger charge is 2.34. The van der Waals surface area contributed by atoms with Crippen LogP contribution in [0.2, 0.25) is 0 Å². The molecule has 0 fully saturated rings. The lowest BCUT2D eigenvalue weighted by molar-refractivity contribution is 0.334. The van der Waals surface area contributed by atoms with E-state index >= 15 is 0 Å². The summed E-state index contributed by atoms with van der Waals surface area (Å²) in [5.74, 6) is 0.781. The van der Waals surface area contributed by atoms with Crippen molar-refractivity contribution in [3.63, 3.8) is 0 Å². The molecule has 0 radical (unpaired) electrons. The first kappa shape index (κ1) is 19.5. The van der Waals surface area contributed by atoms with E-state index in [1.807, 2.05) is 11.7 Å². The molecule has 1 atom stereocenters. The van der Waals surface area contributed by atoms with Gasteiger partial charge in [-0.2, -0.15) is 0 Å². The minimum Gasteiger partial charge on any atom is -0.480 e.